The molecule has 1 aromatic rings. The van der Waals surface area contributed by atoms with Crippen LogP contribution in [0, 0.1) is 19.8 Å². The van der Waals surface area contributed by atoms with E-state index in [1.165, 1.54) is 0 Å². The third-order valence-corrected chi connectivity index (χ3v) is 6.88. The number of hydrogen-bond donors (Lipinski definition) is 0. The first kappa shape index (κ1) is 18.8. The van der Waals surface area contributed by atoms with Crippen LogP contribution < -0.4 is 0 Å². The number of hydrogen-bond acceptors (Lipinski definition) is 4. The standard InChI is InChI=1S/C20H29F2N3O2/c1-14-17(15(2)27-23-14)13-25-18(26)4-6-19(25)5-3-8-24(9-7-19)12-16-10-20(21,22)11-16/h16H,3-13H2,1-2H3/t19-/m0/s1. The van der Waals surface area contributed by atoms with Gasteiger partial charge in [0.05, 0.1) is 12.2 Å². The van der Waals surface area contributed by atoms with E-state index in [4.69, 9.17) is 4.52 Å². The van der Waals surface area contributed by atoms with Crippen molar-refractivity contribution in [2.24, 2.45) is 5.92 Å². The summed E-state index contributed by atoms with van der Waals surface area (Å²) in [5.74, 6) is -1.33. The molecule has 5 nitrogen and oxygen atoms in total. The fourth-order valence-corrected chi connectivity index (χ4v) is 5.23. The molecule has 0 bridgehead atoms. The largest absolute Gasteiger partial charge is 0.361 e. The molecule has 1 aliphatic carbocycles. The second-order valence-corrected chi connectivity index (χ2v) is 8.79. The third kappa shape index (κ3) is 3.62. The monoisotopic (exact) mass is 381 g/mol. The zero-order chi connectivity index (χ0) is 19.2. The molecule has 1 spiro atoms. The molecule has 3 fully saturated rings. The first-order valence-corrected chi connectivity index (χ1v) is 10.1. The van der Waals surface area contributed by atoms with Crippen LogP contribution in [-0.4, -0.2) is 52.0 Å². The zero-order valence-corrected chi connectivity index (χ0v) is 16.3. The predicted octanol–water partition coefficient (Wildman–Crippen LogP) is 3.68. The fraction of sp³-hybridized carbons (Fsp3) is 0.800. The summed E-state index contributed by atoms with van der Waals surface area (Å²) in [5.41, 5.74) is 1.76. The van der Waals surface area contributed by atoms with Gasteiger partial charge >= 0.3 is 0 Å². The molecule has 1 atom stereocenters. The minimum absolute atomic E-state index is 0.0330. The van der Waals surface area contributed by atoms with Gasteiger partial charge in [0.15, 0.2) is 0 Å². The third-order valence-electron chi connectivity index (χ3n) is 6.88. The SMILES string of the molecule is Cc1noc(C)c1CN1C(=O)CC[C@]12CCCN(CC1CC(F)(F)C1)CC2. The summed E-state index contributed by atoms with van der Waals surface area (Å²) in [6.07, 6.45) is 4.47. The molecule has 1 amide bonds. The number of nitrogens with zero attached hydrogens (tertiary/aromatic N) is 3. The van der Waals surface area contributed by atoms with Crippen LogP contribution in [0.5, 0.6) is 0 Å². The topological polar surface area (TPSA) is 49.6 Å². The van der Waals surface area contributed by atoms with E-state index >= 15 is 0 Å². The van der Waals surface area contributed by atoms with Gasteiger partial charge in [-0.15, -0.1) is 0 Å². The Balaban J connectivity index is 1.43. The Morgan fingerprint density at radius 1 is 1.19 bits per heavy atom. The second-order valence-electron chi connectivity index (χ2n) is 8.79. The van der Waals surface area contributed by atoms with Crippen molar-refractivity contribution >= 4 is 5.91 Å². The molecule has 27 heavy (non-hydrogen) atoms. The van der Waals surface area contributed by atoms with Crippen molar-refractivity contribution in [3.63, 3.8) is 0 Å². The second kappa shape index (κ2) is 6.83. The average Bonchev–Trinajstić information content (AvgIpc) is 2.96. The van der Waals surface area contributed by atoms with Gasteiger partial charge in [0.25, 0.3) is 0 Å². The van der Waals surface area contributed by atoms with Crippen LogP contribution in [0.4, 0.5) is 8.78 Å². The molecule has 2 saturated heterocycles. The van der Waals surface area contributed by atoms with E-state index in [1.807, 2.05) is 13.8 Å². The predicted molar refractivity (Wildman–Crippen MR) is 96.5 cm³/mol. The first-order chi connectivity index (χ1) is 12.8. The fourth-order valence-electron chi connectivity index (χ4n) is 5.23. The number of aryl methyl sites for hydroxylation is 2. The van der Waals surface area contributed by atoms with E-state index in [-0.39, 0.29) is 30.2 Å². The van der Waals surface area contributed by atoms with Crippen LogP contribution in [0.25, 0.3) is 0 Å². The number of aromatic nitrogens is 1. The number of amides is 1. The Kier molecular flexibility index (Phi) is 4.77. The number of carbonyl (C=O) groups excluding carboxylic acids is 1. The lowest BCUT2D eigenvalue weighted by molar-refractivity contribution is -0.132. The van der Waals surface area contributed by atoms with Crippen molar-refractivity contribution in [2.45, 2.75) is 76.8 Å². The minimum Gasteiger partial charge on any atom is -0.361 e. The van der Waals surface area contributed by atoms with Crippen molar-refractivity contribution in [3.05, 3.63) is 17.0 Å². The summed E-state index contributed by atoms with van der Waals surface area (Å²) in [5, 5.41) is 4.03. The van der Waals surface area contributed by atoms with Crippen LogP contribution in [0.1, 0.15) is 62.0 Å². The molecule has 2 aliphatic heterocycles. The van der Waals surface area contributed by atoms with Gasteiger partial charge in [-0.25, -0.2) is 8.78 Å². The van der Waals surface area contributed by atoms with Crippen LogP contribution in [0.3, 0.4) is 0 Å². The molecule has 150 valence electrons. The van der Waals surface area contributed by atoms with E-state index in [1.54, 1.807) is 0 Å². The van der Waals surface area contributed by atoms with E-state index in [2.05, 4.69) is 15.0 Å². The van der Waals surface area contributed by atoms with Crippen LogP contribution in [0.15, 0.2) is 4.52 Å². The van der Waals surface area contributed by atoms with Crippen LogP contribution in [0.2, 0.25) is 0 Å². The Hall–Kier alpha value is -1.50. The highest BCUT2D eigenvalue weighted by Gasteiger charge is 2.48. The maximum absolute atomic E-state index is 13.1. The van der Waals surface area contributed by atoms with Gasteiger partial charge in [-0.2, -0.15) is 0 Å². The molecule has 3 heterocycles. The summed E-state index contributed by atoms with van der Waals surface area (Å²) < 4.78 is 31.5. The van der Waals surface area contributed by atoms with Crippen molar-refractivity contribution in [1.82, 2.24) is 15.0 Å². The van der Waals surface area contributed by atoms with Crippen molar-refractivity contribution in [1.29, 1.82) is 0 Å². The molecule has 0 N–H and O–H groups in total. The highest BCUT2D eigenvalue weighted by molar-refractivity contribution is 5.79. The summed E-state index contributed by atoms with van der Waals surface area (Å²) in [6, 6.07) is 0. The molecule has 3 aliphatic rings. The quantitative estimate of drug-likeness (QED) is 0.798. The number of carbonyl (C=O) groups is 1. The lowest BCUT2D eigenvalue weighted by Crippen LogP contribution is -2.46. The lowest BCUT2D eigenvalue weighted by atomic mass is 9.81. The van der Waals surface area contributed by atoms with Gasteiger partial charge < -0.3 is 14.3 Å². The van der Waals surface area contributed by atoms with E-state index in [9.17, 15) is 13.6 Å². The van der Waals surface area contributed by atoms with Gasteiger partial charge in [0, 0.05) is 43.5 Å². The molecule has 1 saturated carbocycles. The van der Waals surface area contributed by atoms with Crippen LogP contribution >= 0.6 is 0 Å². The van der Waals surface area contributed by atoms with E-state index in [0.29, 0.717) is 13.0 Å². The molecule has 7 heteroatoms. The van der Waals surface area contributed by atoms with E-state index in [0.717, 1.165) is 62.3 Å². The lowest BCUT2D eigenvalue weighted by Gasteiger charge is -2.39. The zero-order valence-electron chi connectivity index (χ0n) is 16.3. The highest BCUT2D eigenvalue weighted by Crippen LogP contribution is 2.44. The number of likely N-dealkylation sites (tertiary alicyclic amines) is 2. The molecule has 0 aromatic carbocycles. The summed E-state index contributed by atoms with van der Waals surface area (Å²) >= 11 is 0. The van der Waals surface area contributed by atoms with Gasteiger partial charge in [0.1, 0.15) is 5.76 Å². The van der Waals surface area contributed by atoms with Gasteiger partial charge in [0.2, 0.25) is 11.8 Å². The van der Waals surface area contributed by atoms with Crippen molar-refractivity contribution in [3.8, 4) is 0 Å². The summed E-state index contributed by atoms with van der Waals surface area (Å²) in [7, 11) is 0. The van der Waals surface area contributed by atoms with Crippen molar-refractivity contribution in [2.75, 3.05) is 19.6 Å². The Morgan fingerprint density at radius 3 is 2.63 bits per heavy atom. The highest BCUT2D eigenvalue weighted by atomic mass is 19.3. The minimum atomic E-state index is -2.44. The Morgan fingerprint density at radius 2 is 1.96 bits per heavy atom. The number of halogens is 2. The Labute approximate surface area is 159 Å². The van der Waals surface area contributed by atoms with Gasteiger partial charge in [-0.05, 0) is 52.0 Å². The maximum atomic E-state index is 13.1. The van der Waals surface area contributed by atoms with Gasteiger partial charge in [-0.1, -0.05) is 5.16 Å². The molecular formula is C20H29F2N3O2. The average molecular weight is 381 g/mol. The summed E-state index contributed by atoms with van der Waals surface area (Å²) in [4.78, 5) is 17.1. The first-order valence-electron chi connectivity index (χ1n) is 10.1. The van der Waals surface area contributed by atoms with E-state index < -0.39 is 5.92 Å². The number of rotatable bonds is 4. The van der Waals surface area contributed by atoms with Crippen molar-refractivity contribution < 1.29 is 18.1 Å². The molecule has 4 rings (SSSR count). The van der Waals surface area contributed by atoms with Crippen LogP contribution in [-0.2, 0) is 11.3 Å². The maximum Gasteiger partial charge on any atom is 0.248 e. The Bertz CT molecular complexity index is 693. The molecule has 1 aromatic heterocycles. The molecule has 0 radical (unpaired) electrons. The number of alkyl halides is 2. The van der Waals surface area contributed by atoms with Gasteiger partial charge in [-0.3, -0.25) is 4.79 Å². The molecular weight excluding hydrogens is 352 g/mol. The summed E-state index contributed by atoms with van der Waals surface area (Å²) in [6.45, 7) is 6.97. The normalized spacial score (nSPS) is 29.3. The molecule has 0 unspecified atom stereocenters. The smallest absolute Gasteiger partial charge is 0.248 e.